The monoisotopic (exact) mass is 396 g/mol. The molecular formula is C20H44O7. The summed E-state index contributed by atoms with van der Waals surface area (Å²) in [5.74, 6) is 0. The highest BCUT2D eigenvalue weighted by molar-refractivity contribution is 4.54. The molecule has 5 unspecified atom stereocenters. The van der Waals surface area contributed by atoms with Crippen LogP contribution in [0.1, 0.15) is 48.0 Å². The zero-order chi connectivity index (χ0) is 21.1. The molecule has 1 N–H and O–H groups in total. The van der Waals surface area contributed by atoms with Gasteiger partial charge in [-0.1, -0.05) is 6.92 Å². The summed E-state index contributed by atoms with van der Waals surface area (Å²) in [6.45, 7) is 15.0. The molecule has 0 fully saturated rings. The van der Waals surface area contributed by atoms with E-state index in [1.807, 2.05) is 34.6 Å². The Labute approximate surface area is 166 Å². The maximum Gasteiger partial charge on any atom is 0.0781 e. The third-order valence-corrected chi connectivity index (χ3v) is 3.51. The minimum atomic E-state index is -0.0855. The Kier molecular flexibility index (Phi) is 21.9. The lowest BCUT2D eigenvalue weighted by Gasteiger charge is -2.18. The SMILES string of the molecule is CCCOC(C)COC(C)CO.COCC(C)OCC(C)OCC(C)OC. The first-order valence-electron chi connectivity index (χ1n) is 9.89. The van der Waals surface area contributed by atoms with Crippen molar-refractivity contribution in [2.24, 2.45) is 0 Å². The first-order chi connectivity index (χ1) is 12.8. The first kappa shape index (κ1) is 28.9. The van der Waals surface area contributed by atoms with Gasteiger partial charge in [-0.25, -0.2) is 0 Å². The maximum atomic E-state index is 8.66. The van der Waals surface area contributed by atoms with Crippen molar-refractivity contribution < 1.29 is 33.5 Å². The Morgan fingerprint density at radius 1 is 0.630 bits per heavy atom. The van der Waals surface area contributed by atoms with Crippen LogP contribution in [0.2, 0.25) is 0 Å². The number of hydrogen-bond donors (Lipinski definition) is 1. The summed E-state index contributed by atoms with van der Waals surface area (Å²) in [6, 6.07) is 0. The molecule has 0 aliphatic carbocycles. The van der Waals surface area contributed by atoms with Crippen LogP contribution in [0.15, 0.2) is 0 Å². The lowest BCUT2D eigenvalue weighted by atomic mass is 10.4. The Bertz CT molecular complexity index is 292. The minimum Gasteiger partial charge on any atom is -0.394 e. The van der Waals surface area contributed by atoms with E-state index in [2.05, 4.69) is 6.92 Å². The van der Waals surface area contributed by atoms with Crippen molar-refractivity contribution in [1.82, 2.24) is 0 Å². The molecule has 7 nitrogen and oxygen atoms in total. The number of methoxy groups -OCH3 is 2. The van der Waals surface area contributed by atoms with Crippen LogP contribution in [0.3, 0.4) is 0 Å². The predicted molar refractivity (Wildman–Crippen MR) is 107 cm³/mol. The van der Waals surface area contributed by atoms with E-state index in [0.29, 0.717) is 26.4 Å². The van der Waals surface area contributed by atoms with E-state index in [0.717, 1.165) is 13.0 Å². The summed E-state index contributed by atoms with van der Waals surface area (Å²) < 4.78 is 31.8. The molecule has 0 aliphatic heterocycles. The molecule has 0 aromatic carbocycles. The Balaban J connectivity index is 0. The average molecular weight is 397 g/mol. The Hall–Kier alpha value is -0.280. The van der Waals surface area contributed by atoms with E-state index in [4.69, 9.17) is 33.5 Å². The summed E-state index contributed by atoms with van der Waals surface area (Å²) in [5, 5.41) is 8.66. The maximum absolute atomic E-state index is 8.66. The quantitative estimate of drug-likeness (QED) is 0.430. The second-order valence-corrected chi connectivity index (χ2v) is 6.80. The van der Waals surface area contributed by atoms with E-state index in [1.165, 1.54) is 0 Å². The zero-order valence-electron chi connectivity index (χ0n) is 18.7. The van der Waals surface area contributed by atoms with Crippen molar-refractivity contribution in [3.63, 3.8) is 0 Å². The van der Waals surface area contributed by atoms with Crippen molar-refractivity contribution in [3.05, 3.63) is 0 Å². The van der Waals surface area contributed by atoms with E-state index in [-0.39, 0.29) is 37.1 Å². The van der Waals surface area contributed by atoms with E-state index in [1.54, 1.807) is 14.2 Å². The van der Waals surface area contributed by atoms with Crippen LogP contribution in [0.25, 0.3) is 0 Å². The largest absolute Gasteiger partial charge is 0.394 e. The second-order valence-electron chi connectivity index (χ2n) is 6.80. The van der Waals surface area contributed by atoms with Crippen molar-refractivity contribution in [2.75, 3.05) is 53.9 Å². The van der Waals surface area contributed by atoms with Crippen molar-refractivity contribution in [2.45, 2.75) is 78.5 Å². The zero-order valence-corrected chi connectivity index (χ0v) is 18.7. The van der Waals surface area contributed by atoms with E-state index in [9.17, 15) is 0 Å². The van der Waals surface area contributed by atoms with Gasteiger partial charge in [0.15, 0.2) is 0 Å². The number of hydrogen-bond acceptors (Lipinski definition) is 7. The van der Waals surface area contributed by atoms with Gasteiger partial charge in [0.1, 0.15) is 0 Å². The molecule has 0 saturated heterocycles. The summed E-state index contributed by atoms with van der Waals surface area (Å²) in [6.07, 6.45) is 1.39. The summed E-state index contributed by atoms with van der Waals surface area (Å²) in [4.78, 5) is 0. The van der Waals surface area contributed by atoms with Gasteiger partial charge in [-0.2, -0.15) is 0 Å². The molecule has 0 aliphatic rings. The highest BCUT2D eigenvalue weighted by Crippen LogP contribution is 1.99. The number of ether oxygens (including phenoxy) is 6. The summed E-state index contributed by atoms with van der Waals surface area (Å²) in [7, 11) is 3.34. The Morgan fingerprint density at radius 3 is 1.52 bits per heavy atom. The highest BCUT2D eigenvalue weighted by atomic mass is 16.6. The van der Waals surface area contributed by atoms with Gasteiger partial charge in [0.05, 0.1) is 63.6 Å². The van der Waals surface area contributed by atoms with Crippen LogP contribution in [0.5, 0.6) is 0 Å². The lowest BCUT2D eigenvalue weighted by Crippen LogP contribution is -2.26. The fourth-order valence-corrected chi connectivity index (χ4v) is 1.72. The van der Waals surface area contributed by atoms with Gasteiger partial charge in [0, 0.05) is 20.8 Å². The van der Waals surface area contributed by atoms with Crippen LogP contribution in [-0.4, -0.2) is 89.5 Å². The number of aliphatic hydroxyl groups is 1. The van der Waals surface area contributed by atoms with Gasteiger partial charge >= 0.3 is 0 Å². The molecule has 0 aromatic rings. The lowest BCUT2D eigenvalue weighted by molar-refractivity contribution is -0.0709. The summed E-state index contributed by atoms with van der Waals surface area (Å²) >= 11 is 0. The molecule has 7 heteroatoms. The minimum absolute atomic E-state index is 0.0699. The fourth-order valence-electron chi connectivity index (χ4n) is 1.72. The molecule has 0 bridgehead atoms. The molecule has 0 radical (unpaired) electrons. The van der Waals surface area contributed by atoms with Gasteiger partial charge in [-0.05, 0) is 41.0 Å². The van der Waals surface area contributed by atoms with E-state index >= 15 is 0 Å². The van der Waals surface area contributed by atoms with Crippen LogP contribution in [0, 0.1) is 0 Å². The molecule has 27 heavy (non-hydrogen) atoms. The topological polar surface area (TPSA) is 75.6 Å². The van der Waals surface area contributed by atoms with Crippen LogP contribution in [-0.2, 0) is 28.4 Å². The van der Waals surface area contributed by atoms with Crippen LogP contribution < -0.4 is 0 Å². The summed E-state index contributed by atoms with van der Waals surface area (Å²) in [5.41, 5.74) is 0. The highest BCUT2D eigenvalue weighted by Gasteiger charge is 2.08. The van der Waals surface area contributed by atoms with Gasteiger partial charge < -0.3 is 33.5 Å². The van der Waals surface area contributed by atoms with Crippen molar-refractivity contribution in [3.8, 4) is 0 Å². The number of rotatable bonds is 16. The molecule has 0 aromatic heterocycles. The molecule has 0 rings (SSSR count). The van der Waals surface area contributed by atoms with Crippen molar-refractivity contribution in [1.29, 1.82) is 0 Å². The van der Waals surface area contributed by atoms with Gasteiger partial charge in [0.25, 0.3) is 0 Å². The first-order valence-corrected chi connectivity index (χ1v) is 9.89. The average Bonchev–Trinajstić information content (AvgIpc) is 2.67. The standard InChI is InChI=1S/C11H24O4.C9H20O3/c1-9(13-5)7-14-11(3)8-15-10(2)6-12-4;1-4-5-11-9(3)7-12-8(2)6-10/h9-11H,6-8H2,1-5H3;8-10H,4-7H2,1-3H3. The fraction of sp³-hybridized carbons (Fsp3) is 1.00. The van der Waals surface area contributed by atoms with Gasteiger partial charge in [0.2, 0.25) is 0 Å². The third kappa shape index (κ3) is 21.9. The van der Waals surface area contributed by atoms with Gasteiger partial charge in [-0.3, -0.25) is 0 Å². The molecule has 0 amide bonds. The molecule has 5 atom stereocenters. The molecule has 0 spiro atoms. The predicted octanol–water partition coefficient (Wildman–Crippen LogP) is 2.68. The molecule has 0 saturated carbocycles. The molecule has 166 valence electrons. The molecule has 0 heterocycles. The molecular weight excluding hydrogens is 352 g/mol. The second kappa shape index (κ2) is 20.5. The van der Waals surface area contributed by atoms with Crippen LogP contribution in [0.4, 0.5) is 0 Å². The Morgan fingerprint density at radius 2 is 1.07 bits per heavy atom. The van der Waals surface area contributed by atoms with E-state index < -0.39 is 0 Å². The normalized spacial score (nSPS) is 16.8. The van der Waals surface area contributed by atoms with Crippen molar-refractivity contribution >= 4 is 0 Å². The van der Waals surface area contributed by atoms with Crippen LogP contribution >= 0.6 is 0 Å². The smallest absolute Gasteiger partial charge is 0.0781 e. The van der Waals surface area contributed by atoms with Gasteiger partial charge in [-0.15, -0.1) is 0 Å². The number of aliphatic hydroxyl groups excluding tert-OH is 1. The third-order valence-electron chi connectivity index (χ3n) is 3.51.